The molecule has 0 aromatic heterocycles. The number of benzene rings is 2. The number of amides is 1. The third-order valence-corrected chi connectivity index (χ3v) is 3.50. The van der Waals surface area contributed by atoms with Gasteiger partial charge in [-0.1, -0.05) is 0 Å². The summed E-state index contributed by atoms with van der Waals surface area (Å²) in [4.78, 5) is 23.6. The predicted molar refractivity (Wildman–Crippen MR) is 102 cm³/mol. The molecule has 0 radical (unpaired) electrons. The van der Waals surface area contributed by atoms with Crippen molar-refractivity contribution in [1.82, 2.24) is 0 Å². The van der Waals surface area contributed by atoms with E-state index in [2.05, 4.69) is 21.4 Å². The highest BCUT2D eigenvalue weighted by Gasteiger charge is 2.10. The van der Waals surface area contributed by atoms with E-state index in [1.54, 1.807) is 42.5 Å². The van der Waals surface area contributed by atoms with E-state index in [0.717, 1.165) is 0 Å². The molecule has 0 saturated carbocycles. The predicted octanol–water partition coefficient (Wildman–Crippen LogP) is 3.18. The number of esters is 1. The molecule has 0 spiro atoms. The number of ether oxygens (including phenoxy) is 2. The Hall–Kier alpha value is -3.53. The quantitative estimate of drug-likeness (QED) is 0.729. The van der Waals surface area contributed by atoms with Crippen molar-refractivity contribution < 1.29 is 19.1 Å². The van der Waals surface area contributed by atoms with Gasteiger partial charge in [-0.3, -0.25) is 4.79 Å². The van der Waals surface area contributed by atoms with Crippen LogP contribution in [0.5, 0.6) is 5.75 Å². The van der Waals surface area contributed by atoms with Crippen LogP contribution >= 0.6 is 0 Å². The van der Waals surface area contributed by atoms with Crippen LogP contribution in [0.1, 0.15) is 29.8 Å². The Balaban J connectivity index is 2.00. The maximum Gasteiger partial charge on any atom is 0.337 e. The van der Waals surface area contributed by atoms with Crippen LogP contribution in [-0.2, 0) is 9.53 Å². The van der Waals surface area contributed by atoms with Crippen LogP contribution in [0.15, 0.2) is 42.5 Å². The van der Waals surface area contributed by atoms with Crippen LogP contribution in [0.2, 0.25) is 0 Å². The summed E-state index contributed by atoms with van der Waals surface area (Å²) in [5, 5.41) is 14.8. The molecule has 2 aromatic rings. The zero-order chi connectivity index (χ0) is 19.8. The molecular formula is C20H21N3O4. The van der Waals surface area contributed by atoms with Gasteiger partial charge in [-0.2, -0.15) is 5.26 Å². The zero-order valence-electron chi connectivity index (χ0n) is 15.4. The monoisotopic (exact) mass is 367 g/mol. The van der Waals surface area contributed by atoms with E-state index in [4.69, 9.17) is 10.00 Å². The molecule has 140 valence electrons. The molecule has 0 unspecified atom stereocenters. The molecule has 7 nitrogen and oxygen atoms in total. The zero-order valence-corrected chi connectivity index (χ0v) is 15.4. The number of methoxy groups -OCH3 is 1. The number of carbonyl (C=O) groups is 2. The Morgan fingerprint density at radius 1 is 1.15 bits per heavy atom. The van der Waals surface area contributed by atoms with Gasteiger partial charge in [-0.25, -0.2) is 4.79 Å². The highest BCUT2D eigenvalue weighted by molar-refractivity contribution is 5.95. The first-order chi connectivity index (χ1) is 12.9. The second-order valence-electron chi connectivity index (χ2n) is 5.96. The Kier molecular flexibility index (Phi) is 6.78. The number of hydrogen-bond donors (Lipinski definition) is 2. The molecule has 0 saturated heterocycles. The maximum atomic E-state index is 12.2. The number of nitriles is 1. The van der Waals surface area contributed by atoms with Crippen LogP contribution < -0.4 is 15.4 Å². The van der Waals surface area contributed by atoms with Gasteiger partial charge in [-0.05, 0) is 56.3 Å². The van der Waals surface area contributed by atoms with Crippen molar-refractivity contribution in [3.63, 3.8) is 0 Å². The summed E-state index contributed by atoms with van der Waals surface area (Å²) in [7, 11) is 1.31. The van der Waals surface area contributed by atoms with Gasteiger partial charge < -0.3 is 20.1 Å². The summed E-state index contributed by atoms with van der Waals surface area (Å²) in [6, 6.07) is 13.4. The van der Waals surface area contributed by atoms with Crippen LogP contribution in [0, 0.1) is 11.3 Å². The van der Waals surface area contributed by atoms with Crippen molar-refractivity contribution >= 4 is 23.3 Å². The fraction of sp³-hybridized carbons (Fsp3) is 0.250. The lowest BCUT2D eigenvalue weighted by molar-refractivity contribution is -0.114. The minimum Gasteiger partial charge on any atom is -0.489 e. The smallest absolute Gasteiger partial charge is 0.337 e. The average Bonchev–Trinajstić information content (AvgIpc) is 2.66. The van der Waals surface area contributed by atoms with Gasteiger partial charge in [0.1, 0.15) is 5.75 Å². The van der Waals surface area contributed by atoms with Crippen molar-refractivity contribution in [3.8, 4) is 11.8 Å². The summed E-state index contributed by atoms with van der Waals surface area (Å²) in [6.45, 7) is 3.78. The lowest BCUT2D eigenvalue weighted by Gasteiger charge is -2.16. The van der Waals surface area contributed by atoms with Crippen molar-refractivity contribution in [2.75, 3.05) is 24.3 Å². The third-order valence-electron chi connectivity index (χ3n) is 3.50. The molecule has 2 N–H and O–H groups in total. The van der Waals surface area contributed by atoms with E-state index in [1.807, 2.05) is 13.8 Å². The number of carbonyl (C=O) groups excluding carboxylic acids is 2. The molecule has 2 rings (SSSR count). The normalized spacial score (nSPS) is 10.0. The van der Waals surface area contributed by atoms with E-state index in [0.29, 0.717) is 28.3 Å². The summed E-state index contributed by atoms with van der Waals surface area (Å²) in [6.07, 6.45) is -0.0411. The Morgan fingerprint density at radius 3 is 2.44 bits per heavy atom. The van der Waals surface area contributed by atoms with Gasteiger partial charge in [0.25, 0.3) is 0 Å². The Labute approximate surface area is 157 Å². The van der Waals surface area contributed by atoms with Gasteiger partial charge in [0.15, 0.2) is 0 Å². The summed E-state index contributed by atoms with van der Waals surface area (Å²) >= 11 is 0. The third kappa shape index (κ3) is 5.75. The minimum atomic E-state index is -0.440. The molecular weight excluding hydrogens is 346 g/mol. The molecule has 0 aliphatic rings. The first-order valence-corrected chi connectivity index (χ1v) is 8.36. The highest BCUT2D eigenvalue weighted by atomic mass is 16.5. The Bertz CT molecular complexity index is 855. The van der Waals surface area contributed by atoms with Gasteiger partial charge in [0.2, 0.25) is 5.91 Å². The first kappa shape index (κ1) is 19.8. The molecule has 0 atom stereocenters. The summed E-state index contributed by atoms with van der Waals surface area (Å²) in [5.41, 5.74) is 1.99. The van der Waals surface area contributed by atoms with E-state index in [1.165, 1.54) is 7.11 Å². The van der Waals surface area contributed by atoms with Crippen molar-refractivity contribution in [2.24, 2.45) is 0 Å². The molecule has 0 aliphatic carbocycles. The first-order valence-electron chi connectivity index (χ1n) is 8.36. The molecule has 0 bridgehead atoms. The maximum absolute atomic E-state index is 12.2. The number of anilines is 2. The van der Waals surface area contributed by atoms with Crippen molar-refractivity contribution in [1.29, 1.82) is 5.26 Å². The second kappa shape index (κ2) is 9.25. The second-order valence-corrected chi connectivity index (χ2v) is 5.96. The highest BCUT2D eigenvalue weighted by Crippen LogP contribution is 2.26. The molecule has 27 heavy (non-hydrogen) atoms. The topological polar surface area (TPSA) is 100 Å². The standard InChI is InChI=1S/C20H21N3O4/c1-13(2)27-18-9-4-14(11-21)10-17(18)22-12-19(24)23-16-7-5-15(6-8-16)20(25)26-3/h4-10,13,22H,12H2,1-3H3,(H,23,24). The molecule has 1 amide bonds. The summed E-state index contributed by atoms with van der Waals surface area (Å²) in [5.74, 6) is -0.150. The lowest BCUT2D eigenvalue weighted by atomic mass is 10.2. The Morgan fingerprint density at radius 2 is 1.85 bits per heavy atom. The van der Waals surface area contributed by atoms with Crippen LogP contribution in [0.4, 0.5) is 11.4 Å². The SMILES string of the molecule is COC(=O)c1ccc(NC(=O)CNc2cc(C#N)ccc2OC(C)C)cc1. The van der Waals surface area contributed by atoms with Crippen molar-refractivity contribution in [2.45, 2.75) is 20.0 Å². The van der Waals surface area contributed by atoms with Gasteiger partial charge in [0, 0.05) is 5.69 Å². The fourth-order valence-corrected chi connectivity index (χ4v) is 2.28. The van der Waals surface area contributed by atoms with E-state index >= 15 is 0 Å². The van der Waals surface area contributed by atoms with E-state index < -0.39 is 5.97 Å². The number of hydrogen-bond acceptors (Lipinski definition) is 6. The fourth-order valence-electron chi connectivity index (χ4n) is 2.28. The lowest BCUT2D eigenvalue weighted by Crippen LogP contribution is -2.22. The van der Waals surface area contributed by atoms with E-state index in [9.17, 15) is 9.59 Å². The van der Waals surface area contributed by atoms with Crippen molar-refractivity contribution in [3.05, 3.63) is 53.6 Å². The molecule has 0 fully saturated rings. The molecule has 0 aliphatic heterocycles. The van der Waals surface area contributed by atoms with Crippen LogP contribution in [-0.4, -0.2) is 31.6 Å². The molecule has 7 heteroatoms. The summed E-state index contributed by atoms with van der Waals surface area (Å²) < 4.78 is 10.3. The van der Waals surface area contributed by atoms with Gasteiger partial charge >= 0.3 is 5.97 Å². The number of nitrogens with one attached hydrogen (secondary N) is 2. The largest absolute Gasteiger partial charge is 0.489 e. The van der Waals surface area contributed by atoms with Gasteiger partial charge in [0.05, 0.1) is 42.6 Å². The number of nitrogens with zero attached hydrogens (tertiary/aromatic N) is 1. The van der Waals surface area contributed by atoms with Gasteiger partial charge in [-0.15, -0.1) is 0 Å². The van der Waals surface area contributed by atoms with E-state index in [-0.39, 0.29) is 18.6 Å². The molecule has 2 aromatic carbocycles. The van der Waals surface area contributed by atoms with Crippen LogP contribution in [0.3, 0.4) is 0 Å². The number of rotatable bonds is 7. The minimum absolute atomic E-state index is 0.0118. The average molecular weight is 367 g/mol. The molecule has 0 heterocycles. The van der Waals surface area contributed by atoms with Crippen LogP contribution in [0.25, 0.3) is 0 Å².